The molecule has 0 fully saturated rings. The summed E-state index contributed by atoms with van der Waals surface area (Å²) < 4.78 is 16.0. The van der Waals surface area contributed by atoms with Crippen molar-refractivity contribution in [3.05, 3.63) is 76.2 Å². The van der Waals surface area contributed by atoms with E-state index in [1.54, 1.807) is 6.07 Å². The van der Waals surface area contributed by atoms with Crippen molar-refractivity contribution in [3.63, 3.8) is 0 Å². The summed E-state index contributed by atoms with van der Waals surface area (Å²) in [5, 5.41) is 8.27. The smallest absolute Gasteiger partial charge is 0.133 e. The second kappa shape index (κ2) is 5.78. The van der Waals surface area contributed by atoms with Crippen LogP contribution in [0.4, 0.5) is 10.2 Å². The van der Waals surface area contributed by atoms with Crippen LogP contribution in [-0.4, -0.2) is 16.3 Å². The Bertz CT molecular complexity index is 911. The van der Waals surface area contributed by atoms with Gasteiger partial charge in [-0.1, -0.05) is 30.3 Å². The lowest BCUT2D eigenvalue weighted by atomic mass is 10.1. The Kier molecular flexibility index (Phi) is 3.60. The maximum Gasteiger partial charge on any atom is 0.133 e. The van der Waals surface area contributed by atoms with E-state index in [2.05, 4.69) is 37.4 Å². The first-order chi connectivity index (χ1) is 11.6. The molecule has 0 atom stereocenters. The minimum Gasteiger partial charge on any atom is -0.369 e. The average Bonchev–Trinajstić information content (AvgIpc) is 3.16. The molecule has 0 bridgehead atoms. The van der Waals surface area contributed by atoms with Gasteiger partial charge in [-0.15, -0.1) is 0 Å². The zero-order valence-electron chi connectivity index (χ0n) is 13.9. The number of rotatable bonds is 3. The van der Waals surface area contributed by atoms with Crippen molar-refractivity contribution in [1.82, 2.24) is 9.78 Å². The van der Waals surface area contributed by atoms with E-state index < -0.39 is 0 Å². The van der Waals surface area contributed by atoms with Gasteiger partial charge in [-0.3, -0.25) is 0 Å². The fourth-order valence-corrected chi connectivity index (χ4v) is 3.35. The van der Waals surface area contributed by atoms with E-state index in [0.29, 0.717) is 12.0 Å². The molecular weight excluding hydrogens is 301 g/mol. The third-order valence-electron chi connectivity index (χ3n) is 4.85. The molecule has 122 valence electrons. The molecule has 4 heteroatoms. The molecule has 2 heterocycles. The monoisotopic (exact) mass is 321 g/mol. The summed E-state index contributed by atoms with van der Waals surface area (Å²) in [5.74, 6) is 0.883. The van der Waals surface area contributed by atoms with Crippen molar-refractivity contribution < 1.29 is 4.39 Å². The Balaban J connectivity index is 1.81. The number of aromatic nitrogens is 2. The van der Waals surface area contributed by atoms with Crippen LogP contribution in [0.25, 0.3) is 5.69 Å². The maximum absolute atomic E-state index is 14.0. The number of nitrogens with zero attached hydrogens (tertiary/aromatic N) is 2. The zero-order valence-corrected chi connectivity index (χ0v) is 13.9. The second-order valence-corrected chi connectivity index (χ2v) is 6.35. The van der Waals surface area contributed by atoms with E-state index >= 15 is 0 Å². The molecule has 3 aromatic rings. The van der Waals surface area contributed by atoms with Crippen LogP contribution in [0.15, 0.2) is 42.5 Å². The van der Waals surface area contributed by atoms with E-state index in [-0.39, 0.29) is 5.82 Å². The molecule has 0 spiro atoms. The normalized spacial score (nSPS) is 13.0. The largest absolute Gasteiger partial charge is 0.369 e. The summed E-state index contributed by atoms with van der Waals surface area (Å²) in [6.07, 6.45) is 1.46. The van der Waals surface area contributed by atoms with E-state index in [0.717, 1.165) is 30.2 Å². The molecule has 4 rings (SSSR count). The number of hydrogen-bond acceptors (Lipinski definition) is 2. The fraction of sp³-hybridized carbons (Fsp3) is 0.250. The van der Waals surface area contributed by atoms with Crippen LogP contribution in [0.3, 0.4) is 0 Å². The number of hydrogen-bond donors (Lipinski definition) is 1. The van der Waals surface area contributed by atoms with Crippen molar-refractivity contribution in [2.24, 2.45) is 0 Å². The first-order valence-electron chi connectivity index (χ1n) is 8.30. The summed E-state index contributed by atoms with van der Waals surface area (Å²) in [7, 11) is 0. The van der Waals surface area contributed by atoms with Crippen molar-refractivity contribution in [1.29, 1.82) is 0 Å². The van der Waals surface area contributed by atoms with Gasteiger partial charge in [0.25, 0.3) is 0 Å². The van der Waals surface area contributed by atoms with E-state index in [1.165, 1.54) is 22.8 Å². The van der Waals surface area contributed by atoms with Gasteiger partial charge in [0.2, 0.25) is 0 Å². The van der Waals surface area contributed by atoms with Crippen LogP contribution >= 0.6 is 0 Å². The van der Waals surface area contributed by atoms with Gasteiger partial charge in [0.15, 0.2) is 0 Å². The molecule has 0 unspecified atom stereocenters. The van der Waals surface area contributed by atoms with Gasteiger partial charge in [-0.25, -0.2) is 9.07 Å². The van der Waals surface area contributed by atoms with Crippen LogP contribution in [0.1, 0.15) is 27.9 Å². The topological polar surface area (TPSA) is 29.9 Å². The standard InChI is InChI=1S/C20H20FN3/c1-13-6-5-9-19(14(13)2)24-20-16(10-11-22-20)18(23-24)12-15-7-3-4-8-17(15)21/h3-9,22H,10-12H2,1-2H3. The van der Waals surface area contributed by atoms with Crippen LogP contribution in [0.2, 0.25) is 0 Å². The molecule has 1 aliphatic rings. The third kappa shape index (κ3) is 2.39. The van der Waals surface area contributed by atoms with E-state index in [9.17, 15) is 4.39 Å². The van der Waals surface area contributed by atoms with E-state index in [1.807, 2.05) is 16.8 Å². The quantitative estimate of drug-likeness (QED) is 0.784. The number of benzene rings is 2. The predicted molar refractivity (Wildman–Crippen MR) is 94.4 cm³/mol. The lowest BCUT2D eigenvalue weighted by Gasteiger charge is -2.11. The van der Waals surface area contributed by atoms with Gasteiger partial charge in [-0.2, -0.15) is 5.10 Å². The SMILES string of the molecule is Cc1cccc(-n2nc(Cc3ccccc3F)c3c2NCC3)c1C. The second-order valence-electron chi connectivity index (χ2n) is 6.35. The Morgan fingerprint density at radius 3 is 2.79 bits per heavy atom. The van der Waals surface area contributed by atoms with Gasteiger partial charge in [0, 0.05) is 18.5 Å². The van der Waals surface area contributed by atoms with Gasteiger partial charge in [0.1, 0.15) is 11.6 Å². The Hall–Kier alpha value is -2.62. The van der Waals surface area contributed by atoms with Gasteiger partial charge in [0.05, 0.1) is 11.4 Å². The first kappa shape index (κ1) is 14.9. The predicted octanol–water partition coefficient (Wildman–Crippen LogP) is 4.19. The van der Waals surface area contributed by atoms with Crippen molar-refractivity contribution in [3.8, 4) is 5.69 Å². The van der Waals surface area contributed by atoms with Crippen LogP contribution in [0, 0.1) is 19.7 Å². The molecule has 0 saturated carbocycles. The molecular formula is C20H20FN3. The number of fused-ring (bicyclic) bond motifs is 1. The van der Waals surface area contributed by atoms with Gasteiger partial charge < -0.3 is 5.32 Å². The summed E-state index contributed by atoms with van der Waals surface area (Å²) >= 11 is 0. The molecule has 1 aliphatic heterocycles. The molecule has 2 aromatic carbocycles. The first-order valence-corrected chi connectivity index (χ1v) is 8.30. The Morgan fingerprint density at radius 2 is 1.96 bits per heavy atom. The molecule has 1 N–H and O–H groups in total. The highest BCUT2D eigenvalue weighted by Crippen LogP contribution is 2.31. The summed E-state index contributed by atoms with van der Waals surface area (Å²) in [6, 6.07) is 13.2. The fourth-order valence-electron chi connectivity index (χ4n) is 3.35. The Morgan fingerprint density at radius 1 is 1.12 bits per heavy atom. The summed E-state index contributed by atoms with van der Waals surface area (Å²) in [4.78, 5) is 0. The lowest BCUT2D eigenvalue weighted by Crippen LogP contribution is -2.07. The Labute approximate surface area is 141 Å². The summed E-state index contributed by atoms with van der Waals surface area (Å²) in [5.41, 5.74) is 6.40. The molecule has 3 nitrogen and oxygen atoms in total. The number of nitrogens with one attached hydrogen (secondary N) is 1. The van der Waals surface area contributed by atoms with Crippen molar-refractivity contribution in [2.75, 3.05) is 11.9 Å². The van der Waals surface area contributed by atoms with Crippen LogP contribution < -0.4 is 5.32 Å². The van der Waals surface area contributed by atoms with E-state index in [4.69, 9.17) is 5.10 Å². The minimum atomic E-state index is -0.168. The number of halogens is 1. The molecule has 0 saturated heterocycles. The molecule has 0 aliphatic carbocycles. The molecule has 1 aromatic heterocycles. The average molecular weight is 321 g/mol. The molecule has 24 heavy (non-hydrogen) atoms. The highest BCUT2D eigenvalue weighted by atomic mass is 19.1. The number of anilines is 1. The van der Waals surface area contributed by atoms with Crippen LogP contribution in [0.5, 0.6) is 0 Å². The van der Waals surface area contributed by atoms with Crippen LogP contribution in [-0.2, 0) is 12.8 Å². The van der Waals surface area contributed by atoms with Gasteiger partial charge >= 0.3 is 0 Å². The summed E-state index contributed by atoms with van der Waals surface area (Å²) in [6.45, 7) is 5.13. The zero-order chi connectivity index (χ0) is 16.7. The van der Waals surface area contributed by atoms with Crippen molar-refractivity contribution in [2.45, 2.75) is 26.7 Å². The van der Waals surface area contributed by atoms with Gasteiger partial charge in [-0.05, 0) is 49.1 Å². The highest BCUT2D eigenvalue weighted by Gasteiger charge is 2.24. The minimum absolute atomic E-state index is 0.168. The lowest BCUT2D eigenvalue weighted by molar-refractivity contribution is 0.612. The van der Waals surface area contributed by atoms with Crippen molar-refractivity contribution >= 4 is 5.82 Å². The highest BCUT2D eigenvalue weighted by molar-refractivity contribution is 5.59. The third-order valence-corrected chi connectivity index (χ3v) is 4.85. The molecule has 0 radical (unpaired) electrons. The maximum atomic E-state index is 14.0. The number of aryl methyl sites for hydroxylation is 1. The molecule has 0 amide bonds.